The summed E-state index contributed by atoms with van der Waals surface area (Å²) >= 11 is 0. The molecule has 2 aromatic rings. The molecule has 100 valence electrons. The van der Waals surface area contributed by atoms with Gasteiger partial charge in [0.05, 0.1) is 11.4 Å². The molecule has 1 aromatic carbocycles. The number of carbonyl (C=O) groups excluding carboxylic acids is 1. The maximum absolute atomic E-state index is 11.3. The van der Waals surface area contributed by atoms with Crippen LogP contribution in [0.25, 0.3) is 5.69 Å². The van der Waals surface area contributed by atoms with Crippen LogP contribution in [0, 0.1) is 0 Å². The molecule has 0 aliphatic rings. The molecule has 9 heteroatoms. The van der Waals surface area contributed by atoms with Crippen molar-refractivity contribution in [3.8, 4) is 5.69 Å². The quantitative estimate of drug-likeness (QED) is 0.630. The lowest BCUT2D eigenvalue weighted by atomic mass is 10.3. The first-order valence-electron chi connectivity index (χ1n) is 5.08. The van der Waals surface area contributed by atoms with Gasteiger partial charge >= 0.3 is 0 Å². The standard InChI is InChI=1S/C10H11N5O3S/c11-9-7(2-1-3-8(9)19(13,17)18)15-5-4-6(14-15)10(12)16/h1-5H,11H2,(H2,12,16)(H2,13,17,18). The predicted octanol–water partition coefficient (Wildman–Crippen LogP) is -0.799. The van der Waals surface area contributed by atoms with Gasteiger partial charge in [-0.1, -0.05) is 6.07 Å². The van der Waals surface area contributed by atoms with Crippen LogP contribution in [0.4, 0.5) is 5.69 Å². The number of amides is 1. The van der Waals surface area contributed by atoms with Crippen molar-refractivity contribution in [2.75, 3.05) is 5.73 Å². The van der Waals surface area contributed by atoms with E-state index in [2.05, 4.69) is 5.10 Å². The minimum Gasteiger partial charge on any atom is -0.396 e. The van der Waals surface area contributed by atoms with Crippen molar-refractivity contribution in [1.82, 2.24) is 9.78 Å². The minimum atomic E-state index is -3.93. The number of nitrogen functional groups attached to an aromatic ring is 1. The maximum atomic E-state index is 11.3. The Balaban J connectivity index is 2.60. The van der Waals surface area contributed by atoms with E-state index in [4.69, 9.17) is 16.6 Å². The van der Waals surface area contributed by atoms with E-state index in [-0.39, 0.29) is 16.3 Å². The smallest absolute Gasteiger partial charge is 0.269 e. The van der Waals surface area contributed by atoms with Crippen molar-refractivity contribution >= 4 is 21.6 Å². The number of rotatable bonds is 3. The van der Waals surface area contributed by atoms with Gasteiger partial charge in [-0.25, -0.2) is 18.2 Å². The highest BCUT2D eigenvalue weighted by molar-refractivity contribution is 7.89. The second-order valence-electron chi connectivity index (χ2n) is 3.74. The number of sulfonamides is 1. The lowest BCUT2D eigenvalue weighted by Gasteiger charge is -2.09. The zero-order chi connectivity index (χ0) is 14.2. The van der Waals surface area contributed by atoms with Gasteiger partial charge in [-0.15, -0.1) is 0 Å². The Labute approximate surface area is 108 Å². The Hall–Kier alpha value is -2.39. The third kappa shape index (κ3) is 2.41. The fraction of sp³-hybridized carbons (Fsp3) is 0. The Bertz CT molecular complexity index is 750. The number of nitrogens with zero attached hydrogens (tertiary/aromatic N) is 2. The van der Waals surface area contributed by atoms with Crippen molar-refractivity contribution in [2.45, 2.75) is 4.90 Å². The first-order chi connectivity index (χ1) is 8.80. The third-order valence-electron chi connectivity index (χ3n) is 2.44. The van der Waals surface area contributed by atoms with Crippen LogP contribution in [-0.2, 0) is 10.0 Å². The van der Waals surface area contributed by atoms with Crippen molar-refractivity contribution in [3.63, 3.8) is 0 Å². The van der Waals surface area contributed by atoms with Crippen LogP contribution in [0.1, 0.15) is 10.5 Å². The van der Waals surface area contributed by atoms with Gasteiger partial charge in [0.1, 0.15) is 10.6 Å². The van der Waals surface area contributed by atoms with Crippen LogP contribution in [0.5, 0.6) is 0 Å². The second-order valence-corrected chi connectivity index (χ2v) is 5.27. The normalized spacial score (nSPS) is 11.4. The summed E-state index contributed by atoms with van der Waals surface area (Å²) in [5, 5.41) is 8.94. The van der Waals surface area contributed by atoms with Gasteiger partial charge < -0.3 is 11.5 Å². The van der Waals surface area contributed by atoms with Crippen molar-refractivity contribution in [1.29, 1.82) is 0 Å². The highest BCUT2D eigenvalue weighted by Gasteiger charge is 2.16. The fourth-order valence-electron chi connectivity index (χ4n) is 1.57. The molecule has 19 heavy (non-hydrogen) atoms. The molecule has 8 nitrogen and oxygen atoms in total. The van der Waals surface area contributed by atoms with Gasteiger partial charge in [-0.05, 0) is 18.2 Å². The molecule has 2 rings (SSSR count). The zero-order valence-electron chi connectivity index (χ0n) is 9.65. The average Bonchev–Trinajstić information content (AvgIpc) is 2.77. The molecule has 0 unspecified atom stereocenters. The molecule has 0 radical (unpaired) electrons. The number of primary sulfonamides is 1. The van der Waals surface area contributed by atoms with E-state index in [0.29, 0.717) is 5.69 Å². The molecule has 1 amide bonds. The molecule has 0 spiro atoms. The van der Waals surface area contributed by atoms with Crippen LogP contribution in [0.2, 0.25) is 0 Å². The summed E-state index contributed by atoms with van der Waals surface area (Å²) in [6, 6.07) is 5.69. The number of nitrogens with two attached hydrogens (primary N) is 3. The number of anilines is 1. The van der Waals surface area contributed by atoms with Crippen LogP contribution in [0.15, 0.2) is 35.4 Å². The molecule has 0 aliphatic heterocycles. The highest BCUT2D eigenvalue weighted by atomic mass is 32.2. The Morgan fingerprint density at radius 3 is 2.47 bits per heavy atom. The van der Waals surface area contributed by atoms with E-state index < -0.39 is 15.9 Å². The summed E-state index contributed by atoms with van der Waals surface area (Å²) in [6.45, 7) is 0. The summed E-state index contributed by atoms with van der Waals surface area (Å²) < 4.78 is 23.9. The van der Waals surface area contributed by atoms with E-state index in [0.717, 1.165) is 0 Å². The maximum Gasteiger partial charge on any atom is 0.269 e. The molecule has 0 aliphatic carbocycles. The number of benzene rings is 1. The van der Waals surface area contributed by atoms with Crippen molar-refractivity contribution in [2.24, 2.45) is 10.9 Å². The number of carbonyl (C=O) groups is 1. The number of hydrogen-bond donors (Lipinski definition) is 3. The number of aromatic nitrogens is 2. The van der Waals surface area contributed by atoms with Crippen LogP contribution >= 0.6 is 0 Å². The Morgan fingerprint density at radius 2 is 1.95 bits per heavy atom. The van der Waals surface area contributed by atoms with Crippen molar-refractivity contribution < 1.29 is 13.2 Å². The summed E-state index contributed by atoms with van der Waals surface area (Å²) in [6.07, 6.45) is 1.44. The molecule has 6 N–H and O–H groups in total. The predicted molar refractivity (Wildman–Crippen MR) is 67.9 cm³/mol. The number of primary amides is 1. The lowest BCUT2D eigenvalue weighted by Crippen LogP contribution is -2.16. The average molecular weight is 281 g/mol. The summed E-state index contributed by atoms with van der Waals surface area (Å²) in [5.74, 6) is -0.695. The molecule has 0 atom stereocenters. The first-order valence-corrected chi connectivity index (χ1v) is 6.62. The van der Waals surface area contributed by atoms with Gasteiger partial charge in [0.15, 0.2) is 0 Å². The Kier molecular flexibility index (Phi) is 3.00. The molecular weight excluding hydrogens is 270 g/mol. The van der Waals surface area contributed by atoms with Gasteiger partial charge in [-0.3, -0.25) is 4.79 Å². The SMILES string of the molecule is NC(=O)c1ccn(-c2cccc(S(N)(=O)=O)c2N)n1. The van der Waals surface area contributed by atoms with Gasteiger partial charge in [0.25, 0.3) is 5.91 Å². The fourth-order valence-corrected chi connectivity index (χ4v) is 2.25. The van der Waals surface area contributed by atoms with E-state index in [9.17, 15) is 13.2 Å². The van der Waals surface area contributed by atoms with E-state index in [1.807, 2.05) is 0 Å². The van der Waals surface area contributed by atoms with Gasteiger partial charge in [0, 0.05) is 6.20 Å². The summed E-state index contributed by atoms with van der Waals surface area (Å²) in [5.41, 5.74) is 11.1. The minimum absolute atomic E-state index is 0.0420. The van der Waals surface area contributed by atoms with E-state index in [1.165, 1.54) is 29.1 Å². The largest absolute Gasteiger partial charge is 0.396 e. The first kappa shape index (κ1) is 13.1. The van der Waals surface area contributed by atoms with E-state index in [1.54, 1.807) is 6.07 Å². The molecular formula is C10H11N5O3S. The molecule has 0 fully saturated rings. The van der Waals surface area contributed by atoms with Crippen LogP contribution in [-0.4, -0.2) is 24.1 Å². The Morgan fingerprint density at radius 1 is 1.26 bits per heavy atom. The summed E-state index contributed by atoms with van der Waals surface area (Å²) in [4.78, 5) is 10.7. The van der Waals surface area contributed by atoms with Crippen LogP contribution in [0.3, 0.4) is 0 Å². The van der Waals surface area contributed by atoms with Crippen molar-refractivity contribution in [3.05, 3.63) is 36.2 Å². The third-order valence-corrected chi connectivity index (χ3v) is 3.41. The number of hydrogen-bond acceptors (Lipinski definition) is 5. The summed E-state index contributed by atoms with van der Waals surface area (Å²) in [7, 11) is -3.93. The molecule has 0 saturated carbocycles. The van der Waals surface area contributed by atoms with Gasteiger partial charge in [-0.2, -0.15) is 5.10 Å². The second kappa shape index (κ2) is 4.37. The van der Waals surface area contributed by atoms with Crippen LogP contribution < -0.4 is 16.6 Å². The lowest BCUT2D eigenvalue weighted by molar-refractivity contribution is 0.0995. The molecule has 1 heterocycles. The zero-order valence-corrected chi connectivity index (χ0v) is 10.5. The molecule has 1 aromatic heterocycles. The molecule has 0 bridgehead atoms. The van der Waals surface area contributed by atoms with E-state index >= 15 is 0 Å². The monoisotopic (exact) mass is 281 g/mol. The highest BCUT2D eigenvalue weighted by Crippen LogP contribution is 2.24. The topological polar surface area (TPSA) is 147 Å². The van der Waals surface area contributed by atoms with Gasteiger partial charge in [0.2, 0.25) is 10.0 Å². The molecule has 0 saturated heterocycles. The number of para-hydroxylation sites is 1.